The number of halogens is 1. The van der Waals surface area contributed by atoms with Gasteiger partial charge in [-0.05, 0) is 43.7 Å². The molecular formula is C20H24ClNO2. The molecule has 4 heteroatoms. The van der Waals surface area contributed by atoms with Crippen LogP contribution >= 0.6 is 11.6 Å². The summed E-state index contributed by atoms with van der Waals surface area (Å²) in [5, 5.41) is 0.727. The molecule has 1 saturated heterocycles. The highest BCUT2D eigenvalue weighted by Gasteiger charge is 2.31. The van der Waals surface area contributed by atoms with Crippen LogP contribution < -0.4 is 4.74 Å². The van der Waals surface area contributed by atoms with Gasteiger partial charge in [0, 0.05) is 24.2 Å². The minimum Gasteiger partial charge on any atom is -0.483 e. The lowest BCUT2D eigenvalue weighted by atomic mass is 10.0. The Morgan fingerprint density at radius 1 is 1.08 bits per heavy atom. The van der Waals surface area contributed by atoms with Crippen LogP contribution in [0.4, 0.5) is 0 Å². The number of morpholine rings is 1. The van der Waals surface area contributed by atoms with Gasteiger partial charge >= 0.3 is 0 Å². The van der Waals surface area contributed by atoms with E-state index >= 15 is 0 Å². The molecule has 1 aliphatic heterocycles. The summed E-state index contributed by atoms with van der Waals surface area (Å²) in [6, 6.07) is 18.3. The van der Waals surface area contributed by atoms with Crippen molar-refractivity contribution in [2.24, 2.45) is 0 Å². The van der Waals surface area contributed by atoms with Crippen molar-refractivity contribution in [2.75, 3.05) is 19.7 Å². The lowest BCUT2D eigenvalue weighted by Gasteiger charge is -2.39. The Morgan fingerprint density at radius 3 is 2.46 bits per heavy atom. The third kappa shape index (κ3) is 4.29. The summed E-state index contributed by atoms with van der Waals surface area (Å²) in [5.41, 5.74) is 1.08. The van der Waals surface area contributed by atoms with E-state index in [0.717, 1.165) is 36.0 Å². The van der Waals surface area contributed by atoms with Gasteiger partial charge in [-0.15, -0.1) is 0 Å². The molecule has 2 atom stereocenters. The number of rotatable bonds is 5. The first-order valence-corrected chi connectivity index (χ1v) is 8.84. The molecule has 1 fully saturated rings. The summed E-state index contributed by atoms with van der Waals surface area (Å²) in [6.07, 6.45) is -0.172. The second-order valence-corrected chi connectivity index (χ2v) is 6.84. The number of para-hydroxylation sites is 1. The number of hydrogen-bond acceptors (Lipinski definition) is 3. The van der Waals surface area contributed by atoms with Crippen molar-refractivity contribution in [1.82, 2.24) is 4.90 Å². The molecule has 0 saturated carbocycles. The van der Waals surface area contributed by atoms with Gasteiger partial charge in [0.2, 0.25) is 0 Å². The minimum absolute atomic E-state index is 0.0115. The third-order valence-corrected chi connectivity index (χ3v) is 4.65. The average Bonchev–Trinajstić information content (AvgIpc) is 2.61. The van der Waals surface area contributed by atoms with Crippen molar-refractivity contribution in [3.8, 4) is 5.75 Å². The van der Waals surface area contributed by atoms with Crippen LogP contribution in [0.1, 0.15) is 25.5 Å². The van der Waals surface area contributed by atoms with E-state index in [1.165, 1.54) is 0 Å². The molecular weight excluding hydrogens is 322 g/mol. The van der Waals surface area contributed by atoms with Crippen LogP contribution in [0.15, 0.2) is 54.6 Å². The highest BCUT2D eigenvalue weighted by atomic mass is 35.5. The van der Waals surface area contributed by atoms with Gasteiger partial charge in [0.25, 0.3) is 0 Å². The van der Waals surface area contributed by atoms with Gasteiger partial charge in [-0.25, -0.2) is 0 Å². The molecule has 0 bridgehead atoms. The van der Waals surface area contributed by atoms with E-state index in [4.69, 9.17) is 21.1 Å². The van der Waals surface area contributed by atoms with Crippen molar-refractivity contribution < 1.29 is 9.47 Å². The molecule has 3 rings (SSSR count). The Kier molecular flexibility index (Phi) is 5.77. The summed E-state index contributed by atoms with van der Waals surface area (Å²) < 4.78 is 12.4. The van der Waals surface area contributed by atoms with E-state index in [1.54, 1.807) is 0 Å². The lowest BCUT2D eigenvalue weighted by molar-refractivity contribution is -0.0885. The van der Waals surface area contributed by atoms with E-state index in [9.17, 15) is 0 Å². The highest BCUT2D eigenvalue weighted by Crippen LogP contribution is 2.29. The number of nitrogens with zero attached hydrogens (tertiary/aromatic N) is 1. The maximum Gasteiger partial charge on any atom is 0.151 e. The zero-order chi connectivity index (χ0) is 16.9. The normalized spacial score (nSPS) is 20.1. The molecule has 2 unspecified atom stereocenters. The molecule has 3 nitrogen and oxygen atoms in total. The highest BCUT2D eigenvalue weighted by molar-refractivity contribution is 6.30. The SMILES string of the molecule is CC(C)N1CCOC(C(Oc2ccccc2)c2ccc(Cl)cc2)C1. The van der Waals surface area contributed by atoms with Crippen LogP contribution in [-0.4, -0.2) is 36.7 Å². The summed E-state index contributed by atoms with van der Waals surface area (Å²) in [5.74, 6) is 0.850. The van der Waals surface area contributed by atoms with E-state index < -0.39 is 0 Å². The van der Waals surface area contributed by atoms with E-state index in [2.05, 4.69) is 18.7 Å². The van der Waals surface area contributed by atoms with E-state index in [1.807, 2.05) is 54.6 Å². The van der Waals surface area contributed by atoms with E-state index in [-0.39, 0.29) is 12.2 Å². The number of benzene rings is 2. The second kappa shape index (κ2) is 8.02. The van der Waals surface area contributed by atoms with Crippen molar-refractivity contribution in [3.05, 3.63) is 65.2 Å². The Hall–Kier alpha value is -1.55. The molecule has 1 aliphatic rings. The van der Waals surface area contributed by atoms with Crippen LogP contribution in [-0.2, 0) is 4.74 Å². The molecule has 0 N–H and O–H groups in total. The number of hydrogen-bond donors (Lipinski definition) is 0. The standard InChI is InChI=1S/C20H24ClNO2/c1-15(2)22-12-13-23-19(14-22)20(16-8-10-17(21)11-9-16)24-18-6-4-3-5-7-18/h3-11,15,19-20H,12-14H2,1-2H3. The average molecular weight is 346 g/mol. The molecule has 0 spiro atoms. The monoisotopic (exact) mass is 345 g/mol. The minimum atomic E-state index is -0.161. The fourth-order valence-electron chi connectivity index (χ4n) is 3.01. The second-order valence-electron chi connectivity index (χ2n) is 6.40. The largest absolute Gasteiger partial charge is 0.483 e. The van der Waals surface area contributed by atoms with Crippen molar-refractivity contribution in [3.63, 3.8) is 0 Å². The molecule has 1 heterocycles. The first kappa shape index (κ1) is 17.3. The molecule has 2 aromatic carbocycles. The van der Waals surface area contributed by atoms with Crippen LogP contribution in [0.5, 0.6) is 5.75 Å². The topological polar surface area (TPSA) is 21.7 Å². The fourth-order valence-corrected chi connectivity index (χ4v) is 3.13. The molecule has 2 aromatic rings. The van der Waals surface area contributed by atoms with E-state index in [0.29, 0.717) is 6.04 Å². The van der Waals surface area contributed by atoms with Gasteiger partial charge in [0.1, 0.15) is 11.9 Å². The molecule has 128 valence electrons. The maximum absolute atomic E-state index is 6.31. The van der Waals surface area contributed by atoms with Gasteiger partial charge in [-0.3, -0.25) is 4.90 Å². The molecule has 0 aromatic heterocycles. The predicted octanol–water partition coefficient (Wildman–Crippen LogP) is 4.57. The van der Waals surface area contributed by atoms with Crippen molar-refractivity contribution in [2.45, 2.75) is 32.1 Å². The maximum atomic E-state index is 6.31. The van der Waals surface area contributed by atoms with Gasteiger partial charge in [0.05, 0.1) is 6.61 Å². The first-order chi connectivity index (χ1) is 11.6. The van der Waals surface area contributed by atoms with Gasteiger partial charge in [0.15, 0.2) is 6.10 Å². The summed E-state index contributed by atoms with van der Waals surface area (Å²) in [6.45, 7) is 6.99. The first-order valence-electron chi connectivity index (χ1n) is 8.46. The van der Waals surface area contributed by atoms with Crippen LogP contribution in [0.25, 0.3) is 0 Å². The Morgan fingerprint density at radius 2 is 1.79 bits per heavy atom. The Balaban J connectivity index is 1.85. The fraction of sp³-hybridized carbons (Fsp3) is 0.400. The molecule has 0 radical (unpaired) electrons. The van der Waals surface area contributed by atoms with Crippen LogP contribution in [0.3, 0.4) is 0 Å². The molecule has 0 amide bonds. The van der Waals surface area contributed by atoms with Gasteiger partial charge in [-0.2, -0.15) is 0 Å². The van der Waals surface area contributed by atoms with Gasteiger partial charge in [-0.1, -0.05) is 41.9 Å². The van der Waals surface area contributed by atoms with Crippen LogP contribution in [0, 0.1) is 0 Å². The zero-order valence-electron chi connectivity index (χ0n) is 14.2. The molecule has 0 aliphatic carbocycles. The Labute approximate surface area is 149 Å². The van der Waals surface area contributed by atoms with Crippen molar-refractivity contribution in [1.29, 1.82) is 0 Å². The summed E-state index contributed by atoms with van der Waals surface area (Å²) in [7, 11) is 0. The summed E-state index contributed by atoms with van der Waals surface area (Å²) in [4.78, 5) is 2.44. The summed E-state index contributed by atoms with van der Waals surface area (Å²) >= 11 is 6.05. The Bertz CT molecular complexity index is 630. The quantitative estimate of drug-likeness (QED) is 0.792. The van der Waals surface area contributed by atoms with Crippen molar-refractivity contribution >= 4 is 11.6 Å². The number of ether oxygens (including phenoxy) is 2. The molecule has 24 heavy (non-hydrogen) atoms. The lowest BCUT2D eigenvalue weighted by Crippen LogP contribution is -2.48. The third-order valence-electron chi connectivity index (χ3n) is 4.40. The zero-order valence-corrected chi connectivity index (χ0v) is 14.9. The predicted molar refractivity (Wildman–Crippen MR) is 97.7 cm³/mol. The van der Waals surface area contributed by atoms with Gasteiger partial charge < -0.3 is 9.47 Å². The van der Waals surface area contributed by atoms with Crippen LogP contribution in [0.2, 0.25) is 5.02 Å². The smallest absolute Gasteiger partial charge is 0.151 e.